The van der Waals surface area contributed by atoms with Crippen LogP contribution in [0.25, 0.3) is 0 Å². The second-order valence-corrected chi connectivity index (χ2v) is 3.66. The average molecular weight is 201 g/mol. The Kier molecular flexibility index (Phi) is 4.86. The van der Waals surface area contributed by atoms with Crippen LogP contribution in [-0.2, 0) is 4.79 Å². The summed E-state index contributed by atoms with van der Waals surface area (Å²) in [4.78, 5) is 15.0. The predicted octanol–water partition coefficient (Wildman–Crippen LogP) is -1.53. The highest BCUT2D eigenvalue weighted by molar-refractivity contribution is 5.75. The van der Waals surface area contributed by atoms with Crippen LogP contribution in [0.15, 0.2) is 0 Å². The van der Waals surface area contributed by atoms with Gasteiger partial charge >= 0.3 is 0 Å². The number of primary amides is 1. The minimum absolute atomic E-state index is 0.251. The van der Waals surface area contributed by atoms with Gasteiger partial charge in [0.1, 0.15) is 0 Å². The molecule has 0 radical (unpaired) electrons. The van der Waals surface area contributed by atoms with Crippen LogP contribution in [0.3, 0.4) is 0 Å². The van der Waals surface area contributed by atoms with Gasteiger partial charge in [-0.05, 0) is 6.42 Å². The molecule has 1 saturated heterocycles. The van der Waals surface area contributed by atoms with E-state index >= 15 is 0 Å². The Bertz CT molecular complexity index is 179. The van der Waals surface area contributed by atoms with E-state index in [0.717, 1.165) is 39.1 Å². The number of carbonyl (C=O) groups excluding carboxylic acids is 1. The van der Waals surface area contributed by atoms with Gasteiger partial charge in [-0.2, -0.15) is 0 Å². The van der Waals surface area contributed by atoms with Crippen LogP contribution in [0.2, 0.25) is 0 Å². The van der Waals surface area contributed by atoms with Gasteiger partial charge in [0.25, 0.3) is 0 Å². The van der Waals surface area contributed by atoms with E-state index in [0.29, 0.717) is 6.54 Å². The second kappa shape index (κ2) is 5.95. The zero-order chi connectivity index (χ0) is 10.4. The summed E-state index contributed by atoms with van der Waals surface area (Å²) in [6, 6.07) is 0. The summed E-state index contributed by atoms with van der Waals surface area (Å²) in [5, 5.41) is 8.67. The molecule has 1 fully saturated rings. The van der Waals surface area contributed by atoms with Gasteiger partial charge in [0.15, 0.2) is 0 Å². The van der Waals surface area contributed by atoms with E-state index in [-0.39, 0.29) is 12.5 Å². The van der Waals surface area contributed by atoms with Crippen molar-refractivity contribution in [1.29, 1.82) is 0 Å². The van der Waals surface area contributed by atoms with Gasteiger partial charge in [-0.3, -0.25) is 9.69 Å². The quantitative estimate of drug-likeness (QED) is 0.566. The fourth-order valence-corrected chi connectivity index (χ4v) is 1.69. The molecule has 0 saturated carbocycles. The van der Waals surface area contributed by atoms with Gasteiger partial charge in [0.05, 0.1) is 6.54 Å². The standard InChI is InChI=1S/C9H19N3O2/c10-9(14)8-12-5-3-11(4-6-12)2-1-7-13/h13H,1-8H2,(H2,10,14). The number of nitrogens with zero attached hydrogens (tertiary/aromatic N) is 2. The van der Waals surface area contributed by atoms with Crippen LogP contribution in [0.1, 0.15) is 6.42 Å². The van der Waals surface area contributed by atoms with Crippen molar-refractivity contribution in [1.82, 2.24) is 9.80 Å². The van der Waals surface area contributed by atoms with Crippen LogP contribution >= 0.6 is 0 Å². The van der Waals surface area contributed by atoms with Crippen molar-refractivity contribution in [3.63, 3.8) is 0 Å². The number of nitrogens with two attached hydrogens (primary N) is 1. The number of aliphatic hydroxyl groups is 1. The normalized spacial score (nSPS) is 19.8. The molecule has 0 atom stereocenters. The molecule has 0 aliphatic carbocycles. The lowest BCUT2D eigenvalue weighted by atomic mass is 10.3. The number of piperazine rings is 1. The van der Waals surface area contributed by atoms with E-state index in [1.54, 1.807) is 0 Å². The third-order valence-corrected chi connectivity index (χ3v) is 2.48. The molecule has 0 bridgehead atoms. The maximum Gasteiger partial charge on any atom is 0.231 e. The molecule has 0 unspecified atom stereocenters. The fraction of sp³-hybridized carbons (Fsp3) is 0.889. The van der Waals surface area contributed by atoms with E-state index < -0.39 is 0 Å². The smallest absolute Gasteiger partial charge is 0.231 e. The molecule has 0 aromatic heterocycles. The molecule has 1 aliphatic heterocycles. The fourth-order valence-electron chi connectivity index (χ4n) is 1.69. The van der Waals surface area contributed by atoms with Crippen molar-refractivity contribution in [2.75, 3.05) is 45.9 Å². The van der Waals surface area contributed by atoms with Crippen molar-refractivity contribution in [3.05, 3.63) is 0 Å². The molecular formula is C9H19N3O2. The highest BCUT2D eigenvalue weighted by atomic mass is 16.3. The number of amides is 1. The summed E-state index contributed by atoms with van der Waals surface area (Å²) < 4.78 is 0. The monoisotopic (exact) mass is 201 g/mol. The van der Waals surface area contributed by atoms with Crippen LogP contribution < -0.4 is 5.73 Å². The summed E-state index contributed by atoms with van der Waals surface area (Å²) in [5.74, 6) is -0.256. The lowest BCUT2D eigenvalue weighted by molar-refractivity contribution is -0.119. The Morgan fingerprint density at radius 1 is 1.21 bits per heavy atom. The Balaban J connectivity index is 2.14. The predicted molar refractivity (Wildman–Crippen MR) is 53.8 cm³/mol. The Morgan fingerprint density at radius 3 is 2.29 bits per heavy atom. The summed E-state index contributed by atoms with van der Waals surface area (Å²) in [5.41, 5.74) is 5.11. The number of aliphatic hydroxyl groups excluding tert-OH is 1. The van der Waals surface area contributed by atoms with Crippen molar-refractivity contribution in [2.45, 2.75) is 6.42 Å². The molecule has 0 aromatic carbocycles. The van der Waals surface area contributed by atoms with Crippen LogP contribution in [0.4, 0.5) is 0 Å². The molecule has 5 heteroatoms. The average Bonchev–Trinajstić information content (AvgIpc) is 2.16. The minimum Gasteiger partial charge on any atom is -0.396 e. The topological polar surface area (TPSA) is 69.8 Å². The Labute approximate surface area is 84.5 Å². The molecule has 1 aliphatic rings. The lowest BCUT2D eigenvalue weighted by Crippen LogP contribution is -2.49. The highest BCUT2D eigenvalue weighted by Crippen LogP contribution is 2.01. The molecule has 5 nitrogen and oxygen atoms in total. The first-order valence-electron chi connectivity index (χ1n) is 5.06. The molecular weight excluding hydrogens is 182 g/mol. The number of rotatable bonds is 5. The van der Waals surface area contributed by atoms with E-state index in [4.69, 9.17) is 10.8 Å². The van der Waals surface area contributed by atoms with Crippen molar-refractivity contribution >= 4 is 5.91 Å². The Morgan fingerprint density at radius 2 is 1.79 bits per heavy atom. The number of carbonyl (C=O) groups is 1. The lowest BCUT2D eigenvalue weighted by Gasteiger charge is -2.33. The van der Waals surface area contributed by atoms with Gasteiger partial charge in [0.2, 0.25) is 5.91 Å². The molecule has 14 heavy (non-hydrogen) atoms. The first-order valence-corrected chi connectivity index (χ1v) is 5.06. The number of hydrogen-bond donors (Lipinski definition) is 2. The molecule has 0 aromatic rings. The van der Waals surface area contributed by atoms with Gasteiger partial charge in [0, 0.05) is 39.3 Å². The van der Waals surface area contributed by atoms with Crippen molar-refractivity contribution in [2.24, 2.45) is 5.73 Å². The highest BCUT2D eigenvalue weighted by Gasteiger charge is 2.16. The number of hydrogen-bond acceptors (Lipinski definition) is 4. The zero-order valence-electron chi connectivity index (χ0n) is 8.48. The summed E-state index contributed by atoms with van der Waals surface area (Å²) in [7, 11) is 0. The van der Waals surface area contributed by atoms with Gasteiger partial charge in [-0.15, -0.1) is 0 Å². The summed E-state index contributed by atoms with van der Waals surface area (Å²) >= 11 is 0. The largest absolute Gasteiger partial charge is 0.396 e. The molecule has 1 heterocycles. The first kappa shape index (κ1) is 11.4. The zero-order valence-corrected chi connectivity index (χ0v) is 8.48. The third kappa shape index (κ3) is 4.04. The molecule has 1 amide bonds. The maximum absolute atomic E-state index is 10.7. The molecule has 0 spiro atoms. The second-order valence-electron chi connectivity index (χ2n) is 3.66. The molecule has 1 rings (SSSR count). The molecule has 3 N–H and O–H groups in total. The van der Waals surface area contributed by atoms with Gasteiger partial charge in [-0.1, -0.05) is 0 Å². The van der Waals surface area contributed by atoms with Gasteiger partial charge in [-0.25, -0.2) is 0 Å². The van der Waals surface area contributed by atoms with Gasteiger partial charge < -0.3 is 15.7 Å². The SMILES string of the molecule is NC(=O)CN1CCN(CCCO)CC1. The van der Waals surface area contributed by atoms with E-state index in [1.165, 1.54) is 0 Å². The molecule has 82 valence electrons. The minimum atomic E-state index is -0.256. The first-order chi connectivity index (χ1) is 6.72. The maximum atomic E-state index is 10.7. The van der Waals surface area contributed by atoms with Crippen LogP contribution in [0.5, 0.6) is 0 Å². The Hall–Kier alpha value is -0.650. The van der Waals surface area contributed by atoms with E-state index in [2.05, 4.69) is 9.80 Å². The summed E-state index contributed by atoms with van der Waals surface area (Å²) in [6.07, 6.45) is 0.829. The van der Waals surface area contributed by atoms with Crippen LogP contribution in [0, 0.1) is 0 Å². The van der Waals surface area contributed by atoms with Crippen LogP contribution in [-0.4, -0.2) is 66.7 Å². The van der Waals surface area contributed by atoms with Crippen molar-refractivity contribution < 1.29 is 9.90 Å². The van der Waals surface area contributed by atoms with Crippen molar-refractivity contribution in [3.8, 4) is 0 Å². The van der Waals surface area contributed by atoms with E-state index in [9.17, 15) is 4.79 Å². The van der Waals surface area contributed by atoms with E-state index in [1.807, 2.05) is 0 Å². The third-order valence-electron chi connectivity index (χ3n) is 2.48. The summed E-state index contributed by atoms with van der Waals surface area (Å²) in [6.45, 7) is 5.29.